The van der Waals surface area contributed by atoms with Crippen molar-refractivity contribution < 1.29 is 9.53 Å². The minimum atomic E-state index is -0.170. The molecule has 0 spiro atoms. The summed E-state index contributed by atoms with van der Waals surface area (Å²) in [6.45, 7) is 0.401. The Morgan fingerprint density at radius 2 is 2.44 bits per heavy atom. The summed E-state index contributed by atoms with van der Waals surface area (Å²) < 4.78 is 5.23. The predicted molar refractivity (Wildman–Crippen MR) is 66.1 cm³/mol. The number of carbonyl (C=O) groups excluding carboxylic acids is 1. The molecule has 2 rings (SSSR count). The van der Waals surface area contributed by atoms with Crippen LogP contribution in [0.25, 0.3) is 10.4 Å². The SMILES string of the molecule is [N-]=[N+]=NCCC#Cc1ccc2c(c1)NC(=O)CO2. The van der Waals surface area contributed by atoms with Crippen molar-refractivity contribution in [2.45, 2.75) is 6.42 Å². The summed E-state index contributed by atoms with van der Waals surface area (Å²) in [5.74, 6) is 6.29. The Hall–Kier alpha value is -2.64. The van der Waals surface area contributed by atoms with Crippen LogP contribution in [0.2, 0.25) is 0 Å². The average molecular weight is 242 g/mol. The van der Waals surface area contributed by atoms with Gasteiger partial charge in [-0.3, -0.25) is 4.79 Å². The first kappa shape index (κ1) is 11.8. The Labute approximate surface area is 104 Å². The predicted octanol–water partition coefficient (Wildman–Crippen LogP) is 2.07. The van der Waals surface area contributed by atoms with Crippen LogP contribution in [0.1, 0.15) is 12.0 Å². The molecule has 6 heteroatoms. The zero-order chi connectivity index (χ0) is 12.8. The third kappa shape index (κ3) is 2.94. The van der Waals surface area contributed by atoms with Gasteiger partial charge in [0.1, 0.15) is 5.75 Å². The second-order valence-electron chi connectivity index (χ2n) is 3.55. The number of carbonyl (C=O) groups is 1. The number of azide groups is 1. The maximum Gasteiger partial charge on any atom is 0.262 e. The highest BCUT2D eigenvalue weighted by molar-refractivity contribution is 5.95. The summed E-state index contributed by atoms with van der Waals surface area (Å²) in [6, 6.07) is 5.34. The number of rotatable bonds is 2. The van der Waals surface area contributed by atoms with Gasteiger partial charge < -0.3 is 10.1 Å². The lowest BCUT2D eigenvalue weighted by Crippen LogP contribution is -2.25. The molecule has 1 aliphatic heterocycles. The van der Waals surface area contributed by atoms with E-state index in [4.69, 9.17) is 10.3 Å². The molecule has 0 unspecified atom stereocenters. The number of benzene rings is 1. The smallest absolute Gasteiger partial charge is 0.262 e. The molecule has 1 N–H and O–H groups in total. The minimum absolute atomic E-state index is 0.0458. The molecule has 18 heavy (non-hydrogen) atoms. The van der Waals surface area contributed by atoms with E-state index >= 15 is 0 Å². The molecular formula is C12H10N4O2. The second kappa shape index (κ2) is 5.62. The van der Waals surface area contributed by atoms with Crippen LogP contribution in [-0.4, -0.2) is 19.1 Å². The number of nitrogens with one attached hydrogen (secondary N) is 1. The van der Waals surface area contributed by atoms with Gasteiger partial charge >= 0.3 is 0 Å². The topological polar surface area (TPSA) is 87.1 Å². The molecule has 1 amide bonds. The van der Waals surface area contributed by atoms with Gasteiger partial charge in [-0.15, -0.1) is 0 Å². The molecule has 1 aliphatic rings. The van der Waals surface area contributed by atoms with Crippen molar-refractivity contribution in [1.82, 2.24) is 0 Å². The van der Waals surface area contributed by atoms with Crippen LogP contribution < -0.4 is 10.1 Å². The van der Waals surface area contributed by atoms with Gasteiger partial charge in [0, 0.05) is 23.4 Å². The van der Waals surface area contributed by atoms with Gasteiger partial charge in [0.25, 0.3) is 5.91 Å². The van der Waals surface area contributed by atoms with E-state index in [1.807, 2.05) is 6.07 Å². The maximum atomic E-state index is 11.2. The van der Waals surface area contributed by atoms with Gasteiger partial charge in [0.2, 0.25) is 0 Å². The van der Waals surface area contributed by atoms with Crippen molar-refractivity contribution in [3.63, 3.8) is 0 Å². The first-order chi connectivity index (χ1) is 8.79. The third-order valence-corrected chi connectivity index (χ3v) is 2.25. The van der Waals surface area contributed by atoms with E-state index in [1.165, 1.54) is 0 Å². The number of anilines is 1. The Morgan fingerprint density at radius 3 is 3.28 bits per heavy atom. The molecule has 6 nitrogen and oxygen atoms in total. The number of amides is 1. The highest BCUT2D eigenvalue weighted by Crippen LogP contribution is 2.27. The van der Waals surface area contributed by atoms with Crippen molar-refractivity contribution in [2.75, 3.05) is 18.5 Å². The van der Waals surface area contributed by atoms with Gasteiger partial charge in [0.05, 0.1) is 5.69 Å². The van der Waals surface area contributed by atoms with E-state index < -0.39 is 0 Å². The fourth-order valence-corrected chi connectivity index (χ4v) is 1.48. The molecule has 1 aromatic rings. The maximum absolute atomic E-state index is 11.2. The Bertz CT molecular complexity index is 579. The molecule has 0 aliphatic carbocycles. The summed E-state index contributed by atoms with van der Waals surface area (Å²) in [4.78, 5) is 13.8. The Balaban J connectivity index is 2.08. The monoisotopic (exact) mass is 242 g/mol. The van der Waals surface area contributed by atoms with Crippen molar-refractivity contribution in [1.29, 1.82) is 0 Å². The average Bonchev–Trinajstić information content (AvgIpc) is 2.38. The molecule has 1 aromatic carbocycles. The largest absolute Gasteiger partial charge is 0.482 e. The molecule has 0 saturated heterocycles. The first-order valence-electron chi connectivity index (χ1n) is 5.36. The van der Waals surface area contributed by atoms with E-state index in [-0.39, 0.29) is 12.5 Å². The molecule has 0 aromatic heterocycles. The van der Waals surface area contributed by atoms with Crippen LogP contribution in [0.4, 0.5) is 5.69 Å². The van der Waals surface area contributed by atoms with Crippen LogP contribution in [0.3, 0.4) is 0 Å². The van der Waals surface area contributed by atoms with Gasteiger partial charge in [-0.05, 0) is 23.7 Å². The summed E-state index contributed by atoms with van der Waals surface area (Å²) >= 11 is 0. The van der Waals surface area contributed by atoms with Crippen molar-refractivity contribution >= 4 is 11.6 Å². The summed E-state index contributed by atoms with van der Waals surface area (Å²) in [7, 11) is 0. The highest BCUT2D eigenvalue weighted by Gasteiger charge is 2.15. The van der Waals surface area contributed by atoms with Gasteiger partial charge in [-0.1, -0.05) is 17.0 Å². The van der Waals surface area contributed by atoms with Crippen LogP contribution in [0.5, 0.6) is 5.75 Å². The van der Waals surface area contributed by atoms with E-state index in [0.717, 1.165) is 5.56 Å². The third-order valence-electron chi connectivity index (χ3n) is 2.25. The minimum Gasteiger partial charge on any atom is -0.482 e. The van der Waals surface area contributed by atoms with Crippen molar-refractivity contribution in [2.24, 2.45) is 5.11 Å². The molecular weight excluding hydrogens is 232 g/mol. The van der Waals surface area contributed by atoms with Crippen molar-refractivity contribution in [3.8, 4) is 17.6 Å². The summed E-state index contributed by atoms with van der Waals surface area (Å²) in [6.07, 6.45) is 0.504. The molecule has 1 heterocycles. The molecule has 90 valence electrons. The Morgan fingerprint density at radius 1 is 1.56 bits per heavy atom. The first-order valence-corrected chi connectivity index (χ1v) is 5.36. The van der Waals surface area contributed by atoms with Crippen molar-refractivity contribution in [3.05, 3.63) is 34.2 Å². The van der Waals surface area contributed by atoms with Crippen LogP contribution in [0, 0.1) is 11.8 Å². The molecule has 0 saturated carbocycles. The van der Waals surface area contributed by atoms with Crippen LogP contribution in [-0.2, 0) is 4.79 Å². The fraction of sp³-hybridized carbons (Fsp3) is 0.250. The van der Waals surface area contributed by atoms with E-state index in [2.05, 4.69) is 27.2 Å². The summed E-state index contributed by atoms with van der Waals surface area (Å²) in [5, 5.41) is 6.10. The lowest BCUT2D eigenvalue weighted by Gasteiger charge is -2.17. The lowest BCUT2D eigenvalue weighted by molar-refractivity contribution is -0.118. The molecule has 0 fully saturated rings. The van der Waals surface area contributed by atoms with E-state index in [0.29, 0.717) is 24.4 Å². The standard InChI is InChI=1S/C12H10N4O2/c13-16-14-6-2-1-3-9-4-5-11-10(7-9)15-12(17)8-18-11/h4-5,7H,2,6,8H2,(H,15,17). The van der Waals surface area contributed by atoms with Gasteiger partial charge in [-0.2, -0.15) is 0 Å². The fourth-order valence-electron chi connectivity index (χ4n) is 1.48. The van der Waals surface area contributed by atoms with Gasteiger partial charge in [0.15, 0.2) is 6.61 Å². The van der Waals surface area contributed by atoms with Crippen LogP contribution >= 0.6 is 0 Å². The number of fused-ring (bicyclic) bond motifs is 1. The quantitative estimate of drug-likeness (QED) is 0.283. The van der Waals surface area contributed by atoms with Gasteiger partial charge in [-0.25, -0.2) is 0 Å². The number of hydrogen-bond donors (Lipinski definition) is 1. The molecule has 0 radical (unpaired) electrons. The van der Waals surface area contributed by atoms with E-state index in [9.17, 15) is 4.79 Å². The molecule has 0 bridgehead atoms. The van der Waals surface area contributed by atoms with Crippen LogP contribution in [0.15, 0.2) is 23.3 Å². The Kier molecular flexibility index (Phi) is 3.69. The lowest BCUT2D eigenvalue weighted by atomic mass is 10.1. The van der Waals surface area contributed by atoms with E-state index in [1.54, 1.807) is 12.1 Å². The zero-order valence-corrected chi connectivity index (χ0v) is 9.51. The number of hydrogen-bond acceptors (Lipinski definition) is 3. The second-order valence-corrected chi connectivity index (χ2v) is 3.55. The normalized spacial score (nSPS) is 12.1. The molecule has 0 atom stereocenters. The zero-order valence-electron chi connectivity index (χ0n) is 9.51. The number of ether oxygens (including phenoxy) is 1. The highest BCUT2D eigenvalue weighted by atomic mass is 16.5. The summed E-state index contributed by atoms with van der Waals surface area (Å²) in [5.41, 5.74) is 9.51. The number of nitrogens with zero attached hydrogens (tertiary/aromatic N) is 3.